The highest BCUT2D eigenvalue weighted by molar-refractivity contribution is 6.33. The molecule has 16 heavy (non-hydrogen) atoms. The van der Waals surface area contributed by atoms with E-state index >= 15 is 0 Å². The zero-order chi connectivity index (χ0) is 11.7. The van der Waals surface area contributed by atoms with E-state index in [4.69, 9.17) is 17.3 Å². The second-order valence-electron chi connectivity index (χ2n) is 4.81. The maximum absolute atomic E-state index is 6.29. The van der Waals surface area contributed by atoms with Crippen molar-refractivity contribution in [3.8, 4) is 0 Å². The molecular weight excluding hydrogens is 220 g/mol. The van der Waals surface area contributed by atoms with Crippen molar-refractivity contribution in [2.24, 2.45) is 17.6 Å². The van der Waals surface area contributed by atoms with Crippen LogP contribution >= 0.6 is 11.6 Å². The summed E-state index contributed by atoms with van der Waals surface area (Å²) in [7, 11) is 0. The van der Waals surface area contributed by atoms with Crippen molar-refractivity contribution >= 4 is 17.3 Å². The topological polar surface area (TPSA) is 29.3 Å². The van der Waals surface area contributed by atoms with Crippen molar-refractivity contribution in [2.75, 3.05) is 18.0 Å². The monoisotopic (exact) mass is 238 g/mol. The molecule has 1 saturated heterocycles. The number of hydrogen-bond donors (Lipinski definition) is 1. The number of halogens is 1. The predicted molar refractivity (Wildman–Crippen MR) is 69.9 cm³/mol. The lowest BCUT2D eigenvalue weighted by Gasteiger charge is -2.23. The minimum atomic E-state index is 0.551. The number of benzene rings is 1. The third kappa shape index (κ3) is 2.04. The fourth-order valence-corrected chi connectivity index (χ4v) is 2.70. The summed E-state index contributed by atoms with van der Waals surface area (Å²) in [5.41, 5.74) is 8.06. The number of rotatable bonds is 2. The van der Waals surface area contributed by atoms with Gasteiger partial charge in [-0.05, 0) is 23.5 Å². The van der Waals surface area contributed by atoms with Gasteiger partial charge in [-0.2, -0.15) is 0 Å². The zero-order valence-electron chi connectivity index (χ0n) is 9.91. The quantitative estimate of drug-likeness (QED) is 0.859. The molecule has 1 aromatic carbocycles. The normalized spacial score (nSPS) is 25.1. The van der Waals surface area contributed by atoms with Crippen molar-refractivity contribution in [3.63, 3.8) is 0 Å². The van der Waals surface area contributed by atoms with Gasteiger partial charge >= 0.3 is 0 Å². The smallest absolute Gasteiger partial charge is 0.0642 e. The van der Waals surface area contributed by atoms with Gasteiger partial charge in [0.15, 0.2) is 0 Å². The molecule has 3 heteroatoms. The van der Waals surface area contributed by atoms with E-state index in [9.17, 15) is 0 Å². The average Bonchev–Trinajstić information content (AvgIpc) is 2.58. The number of nitrogens with zero attached hydrogens (tertiary/aromatic N) is 1. The van der Waals surface area contributed by atoms with Crippen molar-refractivity contribution in [1.29, 1.82) is 0 Å². The number of para-hydroxylation sites is 1. The van der Waals surface area contributed by atoms with Crippen molar-refractivity contribution < 1.29 is 0 Å². The van der Waals surface area contributed by atoms with Gasteiger partial charge in [-0.3, -0.25) is 0 Å². The minimum Gasteiger partial charge on any atom is -0.370 e. The van der Waals surface area contributed by atoms with Crippen LogP contribution in [0.15, 0.2) is 18.2 Å². The van der Waals surface area contributed by atoms with Crippen LogP contribution in [-0.2, 0) is 6.54 Å². The average molecular weight is 239 g/mol. The van der Waals surface area contributed by atoms with Crippen molar-refractivity contribution in [1.82, 2.24) is 0 Å². The molecule has 0 saturated carbocycles. The number of nitrogens with two attached hydrogens (primary N) is 1. The fourth-order valence-electron chi connectivity index (χ4n) is 2.39. The molecule has 2 nitrogen and oxygen atoms in total. The van der Waals surface area contributed by atoms with Crippen LogP contribution in [0.25, 0.3) is 0 Å². The summed E-state index contributed by atoms with van der Waals surface area (Å²) in [4.78, 5) is 2.37. The molecule has 1 aromatic rings. The first-order valence-electron chi connectivity index (χ1n) is 5.86. The first-order chi connectivity index (χ1) is 7.63. The second-order valence-corrected chi connectivity index (χ2v) is 5.22. The van der Waals surface area contributed by atoms with Crippen LogP contribution in [0, 0.1) is 11.8 Å². The van der Waals surface area contributed by atoms with Gasteiger partial charge in [0.05, 0.1) is 10.7 Å². The maximum Gasteiger partial charge on any atom is 0.0642 e. The summed E-state index contributed by atoms with van der Waals surface area (Å²) in [6.07, 6.45) is 0. The summed E-state index contributed by atoms with van der Waals surface area (Å²) in [6.45, 7) is 7.30. The lowest BCUT2D eigenvalue weighted by Crippen LogP contribution is -2.22. The maximum atomic E-state index is 6.29. The van der Waals surface area contributed by atoms with E-state index in [2.05, 4.69) is 24.8 Å². The van der Waals surface area contributed by atoms with E-state index < -0.39 is 0 Å². The SMILES string of the molecule is CC1CN(c2c(Cl)cccc2CN)CC1C. The van der Waals surface area contributed by atoms with Crippen LogP contribution in [0.2, 0.25) is 5.02 Å². The second kappa shape index (κ2) is 4.64. The van der Waals surface area contributed by atoms with E-state index in [0.717, 1.165) is 41.2 Å². The van der Waals surface area contributed by atoms with E-state index in [1.54, 1.807) is 0 Å². The molecule has 1 fully saturated rings. The van der Waals surface area contributed by atoms with E-state index in [0.29, 0.717) is 6.54 Å². The zero-order valence-corrected chi connectivity index (χ0v) is 10.7. The molecular formula is C13H19ClN2. The van der Waals surface area contributed by atoms with E-state index in [1.165, 1.54) is 0 Å². The Hall–Kier alpha value is -0.730. The molecule has 0 bridgehead atoms. The van der Waals surface area contributed by atoms with Crippen LogP contribution in [0.4, 0.5) is 5.69 Å². The molecule has 1 aliphatic rings. The summed E-state index contributed by atoms with van der Waals surface area (Å²) >= 11 is 6.29. The highest BCUT2D eigenvalue weighted by Gasteiger charge is 2.28. The van der Waals surface area contributed by atoms with Gasteiger partial charge in [0, 0.05) is 19.6 Å². The summed E-state index contributed by atoms with van der Waals surface area (Å²) in [6, 6.07) is 5.98. The largest absolute Gasteiger partial charge is 0.370 e. The Kier molecular flexibility index (Phi) is 3.41. The third-order valence-corrected chi connectivity index (χ3v) is 3.90. The predicted octanol–water partition coefficient (Wildman–Crippen LogP) is 2.89. The van der Waals surface area contributed by atoms with Gasteiger partial charge in [-0.25, -0.2) is 0 Å². The molecule has 0 aliphatic carbocycles. The summed E-state index contributed by atoms with van der Waals surface area (Å²) in [5, 5.41) is 0.823. The molecule has 1 heterocycles. The van der Waals surface area contributed by atoms with Crippen LogP contribution in [0.1, 0.15) is 19.4 Å². The number of anilines is 1. The highest BCUT2D eigenvalue weighted by atomic mass is 35.5. The first kappa shape index (κ1) is 11.7. The molecule has 0 radical (unpaired) electrons. The van der Waals surface area contributed by atoms with Crippen LogP contribution < -0.4 is 10.6 Å². The molecule has 88 valence electrons. The van der Waals surface area contributed by atoms with Gasteiger partial charge in [0.1, 0.15) is 0 Å². The Balaban J connectivity index is 2.33. The van der Waals surface area contributed by atoms with Gasteiger partial charge in [-0.15, -0.1) is 0 Å². The molecule has 0 spiro atoms. The third-order valence-electron chi connectivity index (χ3n) is 3.59. The Morgan fingerprint density at radius 1 is 1.31 bits per heavy atom. The Morgan fingerprint density at radius 2 is 1.94 bits per heavy atom. The Labute approximate surface area is 102 Å². The Bertz CT molecular complexity index is 368. The summed E-state index contributed by atoms with van der Waals surface area (Å²) < 4.78 is 0. The van der Waals surface area contributed by atoms with Gasteiger partial charge in [-0.1, -0.05) is 37.6 Å². The van der Waals surface area contributed by atoms with Crippen molar-refractivity contribution in [3.05, 3.63) is 28.8 Å². The standard InChI is InChI=1S/C13H19ClN2/c1-9-7-16(8-10(9)2)13-11(6-15)4-3-5-12(13)14/h3-5,9-10H,6-8,15H2,1-2H3. The first-order valence-corrected chi connectivity index (χ1v) is 6.23. The molecule has 0 amide bonds. The molecule has 2 N–H and O–H groups in total. The van der Waals surface area contributed by atoms with Gasteiger partial charge in [0.25, 0.3) is 0 Å². The molecule has 2 atom stereocenters. The van der Waals surface area contributed by atoms with Crippen molar-refractivity contribution in [2.45, 2.75) is 20.4 Å². The van der Waals surface area contributed by atoms with Crippen LogP contribution in [0.3, 0.4) is 0 Å². The molecule has 2 unspecified atom stereocenters. The van der Waals surface area contributed by atoms with Gasteiger partial charge in [0.2, 0.25) is 0 Å². The lowest BCUT2D eigenvalue weighted by molar-refractivity contribution is 0.494. The lowest BCUT2D eigenvalue weighted by atomic mass is 10.0. The molecule has 0 aromatic heterocycles. The highest BCUT2D eigenvalue weighted by Crippen LogP contribution is 2.35. The van der Waals surface area contributed by atoms with E-state index in [-0.39, 0.29) is 0 Å². The van der Waals surface area contributed by atoms with Gasteiger partial charge < -0.3 is 10.6 Å². The number of hydrogen-bond acceptors (Lipinski definition) is 2. The van der Waals surface area contributed by atoms with Crippen LogP contribution in [0.5, 0.6) is 0 Å². The fraction of sp³-hybridized carbons (Fsp3) is 0.538. The van der Waals surface area contributed by atoms with E-state index in [1.807, 2.05) is 12.1 Å². The molecule has 2 rings (SSSR count). The molecule has 1 aliphatic heterocycles. The Morgan fingerprint density at radius 3 is 2.50 bits per heavy atom. The minimum absolute atomic E-state index is 0.551. The van der Waals surface area contributed by atoms with Crippen LogP contribution in [-0.4, -0.2) is 13.1 Å². The summed E-state index contributed by atoms with van der Waals surface area (Å²) in [5.74, 6) is 1.45.